The summed E-state index contributed by atoms with van der Waals surface area (Å²) in [4.78, 5) is 11.8. The Balaban J connectivity index is 2.01. The van der Waals surface area contributed by atoms with Crippen molar-refractivity contribution < 1.29 is 13.6 Å². The van der Waals surface area contributed by atoms with Gasteiger partial charge in [-0.2, -0.15) is 0 Å². The molecule has 0 aromatic heterocycles. The van der Waals surface area contributed by atoms with Crippen molar-refractivity contribution in [2.75, 3.05) is 0 Å². The number of halogens is 3. The van der Waals surface area contributed by atoms with E-state index < -0.39 is 11.6 Å². The van der Waals surface area contributed by atoms with Gasteiger partial charge < -0.3 is 0 Å². The summed E-state index contributed by atoms with van der Waals surface area (Å²) in [5.41, 5.74) is 1.39. The number of rotatable bonds is 4. The lowest BCUT2D eigenvalue weighted by atomic mass is 10.0. The predicted molar refractivity (Wildman–Crippen MR) is 72.9 cm³/mol. The smallest absolute Gasteiger partial charge is 0.159 e. The van der Waals surface area contributed by atoms with Crippen molar-refractivity contribution in [1.29, 1.82) is 0 Å². The maximum atomic E-state index is 13.0. The zero-order chi connectivity index (χ0) is 13.8. The molecule has 0 amide bonds. The molecule has 0 aliphatic rings. The van der Waals surface area contributed by atoms with Crippen molar-refractivity contribution >= 4 is 21.7 Å². The van der Waals surface area contributed by atoms with Crippen LogP contribution >= 0.6 is 15.9 Å². The summed E-state index contributed by atoms with van der Waals surface area (Å²) in [6.07, 6.45) is 0.388. The zero-order valence-electron chi connectivity index (χ0n) is 10.00. The molecule has 0 atom stereocenters. The van der Waals surface area contributed by atoms with Crippen molar-refractivity contribution in [3.63, 3.8) is 0 Å². The summed E-state index contributed by atoms with van der Waals surface area (Å²) in [6.45, 7) is 0. The van der Waals surface area contributed by atoms with Gasteiger partial charge in [0.25, 0.3) is 0 Å². The largest absolute Gasteiger partial charge is 0.299 e. The molecule has 2 aromatic rings. The number of carbonyl (C=O) groups is 1. The van der Waals surface area contributed by atoms with E-state index in [-0.39, 0.29) is 18.6 Å². The van der Waals surface area contributed by atoms with Crippen molar-refractivity contribution in [3.8, 4) is 0 Å². The van der Waals surface area contributed by atoms with Gasteiger partial charge in [-0.05, 0) is 35.4 Å². The minimum Gasteiger partial charge on any atom is -0.299 e. The highest BCUT2D eigenvalue weighted by atomic mass is 79.9. The first-order valence-electron chi connectivity index (χ1n) is 5.74. The molecular weight excluding hydrogens is 314 g/mol. The van der Waals surface area contributed by atoms with Gasteiger partial charge in [-0.25, -0.2) is 8.78 Å². The number of ketones is 1. The number of Topliss-reactive ketones (excluding diaryl/α,β-unsaturated/α-hetero) is 1. The fourth-order valence-corrected chi connectivity index (χ4v) is 2.03. The van der Waals surface area contributed by atoms with Crippen molar-refractivity contribution in [3.05, 3.63) is 69.7 Å². The van der Waals surface area contributed by atoms with E-state index in [1.807, 2.05) is 24.3 Å². The summed E-state index contributed by atoms with van der Waals surface area (Å²) in [5.74, 6) is -1.86. The minimum absolute atomic E-state index is 0.0340. The predicted octanol–water partition coefficient (Wildman–Crippen LogP) is 4.08. The van der Waals surface area contributed by atoms with Crippen LogP contribution in [0.2, 0.25) is 0 Å². The molecule has 19 heavy (non-hydrogen) atoms. The first-order valence-corrected chi connectivity index (χ1v) is 6.54. The first kappa shape index (κ1) is 13.9. The van der Waals surface area contributed by atoms with Crippen LogP contribution in [0.15, 0.2) is 46.9 Å². The van der Waals surface area contributed by atoms with Gasteiger partial charge in [0.2, 0.25) is 0 Å². The minimum atomic E-state index is -0.922. The van der Waals surface area contributed by atoms with Gasteiger partial charge in [0.15, 0.2) is 11.6 Å². The van der Waals surface area contributed by atoms with Crippen LogP contribution in [0.3, 0.4) is 0 Å². The molecule has 0 aliphatic carbocycles. The quantitative estimate of drug-likeness (QED) is 0.828. The average Bonchev–Trinajstić information content (AvgIpc) is 2.37. The van der Waals surface area contributed by atoms with Crippen LogP contribution < -0.4 is 0 Å². The first-order chi connectivity index (χ1) is 9.04. The van der Waals surface area contributed by atoms with E-state index in [2.05, 4.69) is 15.9 Å². The maximum Gasteiger partial charge on any atom is 0.159 e. The van der Waals surface area contributed by atoms with Crippen LogP contribution in [-0.2, 0) is 17.6 Å². The normalized spacial score (nSPS) is 10.5. The molecule has 0 fully saturated rings. The molecule has 0 unspecified atom stereocenters. The molecule has 4 heteroatoms. The van der Waals surface area contributed by atoms with E-state index in [0.717, 1.165) is 22.2 Å². The topological polar surface area (TPSA) is 17.1 Å². The molecule has 2 aromatic carbocycles. The second-order valence-corrected chi connectivity index (χ2v) is 5.18. The molecule has 98 valence electrons. The summed E-state index contributed by atoms with van der Waals surface area (Å²) >= 11 is 3.32. The fourth-order valence-electron chi connectivity index (χ4n) is 1.77. The third-order valence-corrected chi connectivity index (χ3v) is 3.23. The molecule has 0 saturated heterocycles. The Kier molecular flexibility index (Phi) is 4.43. The molecule has 0 heterocycles. The Morgan fingerprint density at radius 2 is 1.47 bits per heavy atom. The lowest BCUT2D eigenvalue weighted by molar-refractivity contribution is -0.117. The number of hydrogen-bond donors (Lipinski definition) is 0. The third-order valence-electron chi connectivity index (χ3n) is 2.70. The van der Waals surface area contributed by atoms with Crippen LogP contribution in [0, 0.1) is 11.6 Å². The van der Waals surface area contributed by atoms with Crippen LogP contribution in [0.25, 0.3) is 0 Å². The highest BCUT2D eigenvalue weighted by Crippen LogP contribution is 2.13. The molecular formula is C15H11BrF2O. The van der Waals surface area contributed by atoms with E-state index in [1.54, 1.807) is 0 Å². The molecule has 0 bridgehead atoms. The van der Waals surface area contributed by atoms with Gasteiger partial charge in [0.1, 0.15) is 5.78 Å². The Labute approximate surface area is 118 Å². The second kappa shape index (κ2) is 6.06. The van der Waals surface area contributed by atoms with Crippen LogP contribution in [0.5, 0.6) is 0 Å². The van der Waals surface area contributed by atoms with E-state index in [1.165, 1.54) is 6.07 Å². The number of benzene rings is 2. The molecule has 0 N–H and O–H groups in total. The van der Waals surface area contributed by atoms with E-state index in [9.17, 15) is 13.6 Å². The number of carbonyl (C=O) groups excluding carboxylic acids is 1. The van der Waals surface area contributed by atoms with Gasteiger partial charge in [-0.1, -0.05) is 34.1 Å². The van der Waals surface area contributed by atoms with E-state index in [0.29, 0.717) is 5.56 Å². The van der Waals surface area contributed by atoms with Gasteiger partial charge in [-0.15, -0.1) is 0 Å². The molecule has 2 rings (SSSR count). The third kappa shape index (κ3) is 3.96. The molecule has 1 nitrogen and oxygen atoms in total. The average molecular weight is 325 g/mol. The van der Waals surface area contributed by atoms with Crippen molar-refractivity contribution in [1.82, 2.24) is 0 Å². The van der Waals surface area contributed by atoms with Crippen LogP contribution in [0.1, 0.15) is 11.1 Å². The van der Waals surface area contributed by atoms with E-state index >= 15 is 0 Å². The lowest BCUT2D eigenvalue weighted by Crippen LogP contribution is -2.07. The summed E-state index contributed by atoms with van der Waals surface area (Å²) in [7, 11) is 0. The SMILES string of the molecule is O=C(Cc1ccc(Br)cc1)Cc1ccc(F)c(F)c1. The van der Waals surface area contributed by atoms with Crippen LogP contribution in [0.4, 0.5) is 8.78 Å². The fraction of sp³-hybridized carbons (Fsp3) is 0.133. The molecule has 0 spiro atoms. The van der Waals surface area contributed by atoms with Crippen molar-refractivity contribution in [2.45, 2.75) is 12.8 Å². The Bertz CT molecular complexity index is 594. The van der Waals surface area contributed by atoms with E-state index in [4.69, 9.17) is 0 Å². The zero-order valence-corrected chi connectivity index (χ0v) is 11.6. The maximum absolute atomic E-state index is 13.0. The van der Waals surface area contributed by atoms with Gasteiger partial charge in [0.05, 0.1) is 0 Å². The van der Waals surface area contributed by atoms with Gasteiger partial charge >= 0.3 is 0 Å². The van der Waals surface area contributed by atoms with Gasteiger partial charge in [0, 0.05) is 17.3 Å². The second-order valence-electron chi connectivity index (χ2n) is 4.27. The Hall–Kier alpha value is -1.55. The highest BCUT2D eigenvalue weighted by Gasteiger charge is 2.08. The molecule has 0 aliphatic heterocycles. The van der Waals surface area contributed by atoms with Crippen molar-refractivity contribution in [2.24, 2.45) is 0 Å². The Morgan fingerprint density at radius 1 is 0.895 bits per heavy atom. The van der Waals surface area contributed by atoms with Crippen LogP contribution in [-0.4, -0.2) is 5.78 Å². The monoisotopic (exact) mass is 324 g/mol. The molecule has 0 saturated carbocycles. The Morgan fingerprint density at radius 3 is 2.11 bits per heavy atom. The summed E-state index contributed by atoms with van der Waals surface area (Å²) in [5, 5.41) is 0. The summed E-state index contributed by atoms with van der Waals surface area (Å²) < 4.78 is 26.7. The molecule has 0 radical (unpaired) electrons. The standard InChI is InChI=1S/C15H11BrF2O/c16-12-4-1-10(2-5-12)7-13(19)8-11-3-6-14(17)15(18)9-11/h1-6,9H,7-8H2. The number of hydrogen-bond acceptors (Lipinski definition) is 1. The summed E-state index contributed by atoms with van der Waals surface area (Å²) in [6, 6.07) is 11.0. The highest BCUT2D eigenvalue weighted by molar-refractivity contribution is 9.10. The lowest BCUT2D eigenvalue weighted by Gasteiger charge is -2.03. The van der Waals surface area contributed by atoms with Gasteiger partial charge in [-0.3, -0.25) is 4.79 Å².